The Balaban J connectivity index is 1.68. The molecule has 1 aliphatic rings. The van der Waals surface area contributed by atoms with E-state index in [-0.39, 0.29) is 23.7 Å². The highest BCUT2D eigenvalue weighted by molar-refractivity contribution is 5.88. The topological polar surface area (TPSA) is 99.0 Å². The molecule has 2 aromatic heterocycles. The van der Waals surface area contributed by atoms with E-state index in [9.17, 15) is 15.0 Å². The molecule has 2 N–H and O–H groups in total. The second kappa shape index (κ2) is 10.3. The van der Waals surface area contributed by atoms with Crippen molar-refractivity contribution in [2.75, 3.05) is 39.3 Å². The Bertz CT molecular complexity index is 1500. The van der Waals surface area contributed by atoms with Gasteiger partial charge >= 0.3 is 0 Å². The van der Waals surface area contributed by atoms with Gasteiger partial charge in [0.2, 0.25) is 5.43 Å². The van der Waals surface area contributed by atoms with Crippen molar-refractivity contribution in [1.29, 1.82) is 0 Å². The first-order chi connectivity index (χ1) is 17.8. The maximum Gasteiger partial charge on any atom is 0.203 e. The van der Waals surface area contributed by atoms with Crippen LogP contribution in [0.15, 0.2) is 39.5 Å². The number of benzene rings is 2. The lowest BCUT2D eigenvalue weighted by molar-refractivity contribution is -0.918. The molecule has 1 aliphatic heterocycles. The van der Waals surface area contributed by atoms with E-state index in [1.165, 1.54) is 4.90 Å². The number of rotatable bonds is 7. The summed E-state index contributed by atoms with van der Waals surface area (Å²) in [5.74, 6) is 1.05. The zero-order valence-electron chi connectivity index (χ0n) is 22.1. The quantitative estimate of drug-likeness (QED) is 0.398. The normalized spacial score (nSPS) is 15.4. The molecule has 8 heteroatoms. The van der Waals surface area contributed by atoms with E-state index in [1.54, 1.807) is 6.07 Å². The Morgan fingerprint density at radius 1 is 1.22 bits per heavy atom. The molecule has 0 aliphatic carbocycles. The number of nitrogens with zero attached hydrogens (tertiary/aromatic N) is 3. The molecule has 37 heavy (non-hydrogen) atoms. The van der Waals surface area contributed by atoms with Gasteiger partial charge in [-0.2, -0.15) is 0 Å². The van der Waals surface area contributed by atoms with Crippen molar-refractivity contribution in [3.8, 4) is 17.1 Å². The smallest absolute Gasteiger partial charge is 0.203 e. The van der Waals surface area contributed by atoms with Crippen molar-refractivity contribution < 1.29 is 19.5 Å². The number of hydrogen-bond donors (Lipinski definition) is 2. The molecule has 1 saturated heterocycles. The number of imidazole rings is 1. The van der Waals surface area contributed by atoms with Gasteiger partial charge in [-0.15, -0.1) is 0 Å². The first-order valence-corrected chi connectivity index (χ1v) is 13.2. The fraction of sp³-hybridized carbons (Fsp3) is 0.448. The minimum Gasteiger partial charge on any atom is -0.872 e. The number of hydrogen-bond acceptors (Lipinski definition) is 6. The summed E-state index contributed by atoms with van der Waals surface area (Å²) in [6.45, 7) is 10.8. The van der Waals surface area contributed by atoms with Crippen LogP contribution in [0.5, 0.6) is 5.75 Å². The Labute approximate surface area is 216 Å². The predicted octanol–water partition coefficient (Wildman–Crippen LogP) is 1.80. The third kappa shape index (κ3) is 4.54. The highest BCUT2D eigenvalue weighted by Gasteiger charge is 2.27. The van der Waals surface area contributed by atoms with Crippen LogP contribution >= 0.6 is 0 Å². The average Bonchev–Trinajstić information content (AvgIpc) is 3.22. The molecule has 8 nitrogen and oxygen atoms in total. The van der Waals surface area contributed by atoms with Crippen LogP contribution < -0.4 is 15.4 Å². The van der Waals surface area contributed by atoms with Crippen molar-refractivity contribution in [3.05, 3.63) is 57.4 Å². The molecular formula is C29H36N4O4. The van der Waals surface area contributed by atoms with Crippen molar-refractivity contribution in [1.82, 2.24) is 14.5 Å². The molecule has 0 saturated carbocycles. The summed E-state index contributed by atoms with van der Waals surface area (Å²) >= 11 is 0. The van der Waals surface area contributed by atoms with Gasteiger partial charge in [0.25, 0.3) is 0 Å². The summed E-state index contributed by atoms with van der Waals surface area (Å²) in [5, 5.41) is 23.2. The van der Waals surface area contributed by atoms with E-state index in [0.717, 1.165) is 37.2 Å². The van der Waals surface area contributed by atoms with Gasteiger partial charge in [-0.1, -0.05) is 44.2 Å². The van der Waals surface area contributed by atoms with Crippen LogP contribution in [-0.2, 0) is 20.0 Å². The fourth-order valence-electron chi connectivity index (χ4n) is 5.53. The van der Waals surface area contributed by atoms with Crippen molar-refractivity contribution >= 4 is 22.0 Å². The molecule has 0 unspecified atom stereocenters. The molecular weight excluding hydrogens is 468 g/mol. The Kier molecular flexibility index (Phi) is 7.07. The first kappa shape index (κ1) is 25.4. The Morgan fingerprint density at radius 3 is 2.59 bits per heavy atom. The van der Waals surface area contributed by atoms with Gasteiger partial charge in [-0.3, -0.25) is 9.69 Å². The van der Waals surface area contributed by atoms with Crippen LogP contribution in [0.2, 0.25) is 0 Å². The van der Waals surface area contributed by atoms with Gasteiger partial charge in [-0.25, -0.2) is 4.98 Å². The predicted molar refractivity (Wildman–Crippen MR) is 143 cm³/mol. The fourth-order valence-corrected chi connectivity index (χ4v) is 5.53. The summed E-state index contributed by atoms with van der Waals surface area (Å²) < 4.78 is 8.49. The number of aliphatic hydroxyl groups excluding tert-OH is 1. The largest absolute Gasteiger partial charge is 0.872 e. The van der Waals surface area contributed by atoms with Crippen LogP contribution in [0.25, 0.3) is 33.4 Å². The van der Waals surface area contributed by atoms with E-state index >= 15 is 0 Å². The highest BCUT2D eigenvalue weighted by atomic mass is 16.3. The molecule has 1 fully saturated rings. The summed E-state index contributed by atoms with van der Waals surface area (Å²) in [4.78, 5) is 22.5. The monoisotopic (exact) mass is 504 g/mol. The van der Waals surface area contributed by atoms with Crippen LogP contribution in [-0.4, -0.2) is 58.9 Å². The van der Waals surface area contributed by atoms with E-state index in [2.05, 4.69) is 4.90 Å². The number of nitrogens with one attached hydrogen (secondary N) is 1. The standard InChI is InChI=1S/C29H36N4O4/c1-5-19-16-20-26(36)24(29-30-22-8-6-7-9-23(22)31(29)4)27(18(2)3)37-28(20)21(25(19)35)17-33-12-10-32(11-13-33)14-15-34/h6-9,16,18,34-35H,5,10-15,17H2,1-4H3. The number of quaternary nitrogens is 1. The van der Waals surface area contributed by atoms with Gasteiger partial charge in [0.1, 0.15) is 29.3 Å². The van der Waals surface area contributed by atoms with E-state index in [0.29, 0.717) is 58.8 Å². The summed E-state index contributed by atoms with van der Waals surface area (Å²) in [7, 11) is 1.92. The van der Waals surface area contributed by atoms with Gasteiger partial charge < -0.3 is 24.1 Å². The molecule has 4 aromatic rings. The SMILES string of the molecule is CCc1cc2c(=O)c(-c3nc4ccccc4n3C)c(C(C)C)oc2c(C[NH+]2CCN(CCO)CC2)c1[O-]. The third-order valence-corrected chi connectivity index (χ3v) is 7.66. The lowest BCUT2D eigenvalue weighted by Crippen LogP contribution is -3.13. The number of β-amino-alcohol motifs (C(OH)–C–C–N with tert-alkyl or cyclic N) is 1. The van der Waals surface area contributed by atoms with Gasteiger partial charge in [0.15, 0.2) is 0 Å². The summed E-state index contributed by atoms with van der Waals surface area (Å²) in [6.07, 6.45) is 0.550. The van der Waals surface area contributed by atoms with Crippen LogP contribution in [0.1, 0.15) is 43.6 Å². The van der Waals surface area contributed by atoms with Crippen molar-refractivity contribution in [2.24, 2.45) is 7.05 Å². The molecule has 0 spiro atoms. The summed E-state index contributed by atoms with van der Waals surface area (Å²) in [6, 6.07) is 9.56. The number of para-hydroxylation sites is 2. The zero-order chi connectivity index (χ0) is 26.3. The molecule has 3 heterocycles. The van der Waals surface area contributed by atoms with Crippen LogP contribution in [0, 0.1) is 0 Å². The van der Waals surface area contributed by atoms with E-state index in [4.69, 9.17) is 9.40 Å². The zero-order valence-corrected chi connectivity index (χ0v) is 22.1. The molecule has 0 atom stereocenters. The Hall–Kier alpha value is -3.20. The number of aromatic nitrogens is 2. The molecule has 0 radical (unpaired) electrons. The maximum absolute atomic E-state index is 14.2. The number of aliphatic hydroxyl groups is 1. The van der Waals surface area contributed by atoms with Crippen molar-refractivity contribution in [3.63, 3.8) is 0 Å². The van der Waals surface area contributed by atoms with Crippen LogP contribution in [0.4, 0.5) is 0 Å². The first-order valence-electron chi connectivity index (χ1n) is 13.2. The lowest BCUT2D eigenvalue weighted by atomic mass is 9.97. The summed E-state index contributed by atoms with van der Waals surface area (Å²) in [5.41, 5.74) is 3.75. The number of aryl methyl sites for hydroxylation is 2. The minimum atomic E-state index is -0.137. The van der Waals surface area contributed by atoms with E-state index in [1.807, 2.05) is 56.7 Å². The maximum atomic E-state index is 14.2. The van der Waals surface area contributed by atoms with Gasteiger partial charge in [0.05, 0.1) is 36.1 Å². The lowest BCUT2D eigenvalue weighted by Gasteiger charge is -2.33. The Morgan fingerprint density at radius 2 is 1.95 bits per heavy atom. The second-order valence-corrected chi connectivity index (χ2v) is 10.4. The molecule has 0 amide bonds. The van der Waals surface area contributed by atoms with Crippen molar-refractivity contribution in [2.45, 2.75) is 39.7 Å². The molecule has 0 bridgehead atoms. The highest BCUT2D eigenvalue weighted by Crippen LogP contribution is 2.35. The van der Waals surface area contributed by atoms with E-state index < -0.39 is 0 Å². The molecule has 5 rings (SSSR count). The minimum absolute atomic E-state index is 0.0198. The van der Waals surface area contributed by atoms with Gasteiger partial charge in [0, 0.05) is 38.2 Å². The molecule has 2 aromatic carbocycles. The van der Waals surface area contributed by atoms with Gasteiger partial charge in [-0.05, 0) is 24.6 Å². The number of piperazine rings is 1. The van der Waals surface area contributed by atoms with Crippen LogP contribution in [0.3, 0.4) is 0 Å². The second-order valence-electron chi connectivity index (χ2n) is 10.4. The third-order valence-electron chi connectivity index (χ3n) is 7.66. The molecule has 196 valence electrons. The number of fused-ring (bicyclic) bond motifs is 2. The average molecular weight is 505 g/mol.